The van der Waals surface area contributed by atoms with E-state index in [-0.39, 0.29) is 30.7 Å². The lowest BCUT2D eigenvalue weighted by Gasteiger charge is -2.19. The number of nitrogens with one attached hydrogen (secondary N) is 1. The lowest BCUT2D eigenvalue weighted by Crippen LogP contribution is -2.33. The van der Waals surface area contributed by atoms with Crippen molar-refractivity contribution in [2.45, 2.75) is 26.4 Å². The van der Waals surface area contributed by atoms with E-state index in [4.69, 9.17) is 5.11 Å². The first-order chi connectivity index (χ1) is 7.95. The van der Waals surface area contributed by atoms with Crippen LogP contribution in [0.25, 0.3) is 0 Å². The zero-order valence-corrected chi connectivity index (χ0v) is 9.80. The van der Waals surface area contributed by atoms with Gasteiger partial charge in [-0.1, -0.05) is 6.92 Å². The molecule has 2 nitrogen and oxygen atoms in total. The molecule has 0 bridgehead atoms. The second-order valence-electron chi connectivity index (χ2n) is 4.19. The molecule has 1 aromatic rings. The highest BCUT2D eigenvalue weighted by atomic mass is 19.2. The number of benzene rings is 1. The van der Waals surface area contributed by atoms with Crippen LogP contribution >= 0.6 is 0 Å². The molecular weight excluding hydrogens is 231 g/mol. The summed E-state index contributed by atoms with van der Waals surface area (Å²) in [6.45, 7) is 3.76. The van der Waals surface area contributed by atoms with E-state index in [9.17, 15) is 13.2 Å². The van der Waals surface area contributed by atoms with E-state index >= 15 is 0 Å². The molecule has 0 aliphatic carbocycles. The van der Waals surface area contributed by atoms with E-state index in [1.165, 1.54) is 0 Å². The molecular formula is C12H16F3NO. The fourth-order valence-corrected chi connectivity index (χ4v) is 1.33. The van der Waals surface area contributed by atoms with Gasteiger partial charge in [0.25, 0.3) is 0 Å². The summed E-state index contributed by atoms with van der Waals surface area (Å²) in [7, 11) is 0. The van der Waals surface area contributed by atoms with Crippen LogP contribution in [0.5, 0.6) is 0 Å². The molecule has 0 aliphatic heterocycles. The Labute approximate surface area is 98.5 Å². The molecule has 1 aromatic carbocycles. The monoisotopic (exact) mass is 247 g/mol. The van der Waals surface area contributed by atoms with Gasteiger partial charge in [-0.15, -0.1) is 0 Å². The molecule has 0 aliphatic rings. The molecule has 0 fully saturated rings. The molecule has 0 amide bonds. The second-order valence-corrected chi connectivity index (χ2v) is 4.19. The Bertz CT molecular complexity index is 384. The van der Waals surface area contributed by atoms with Crippen molar-refractivity contribution < 1.29 is 18.3 Å². The standard InChI is InChI=1S/C12H16F3NO/c1-7(6-17)8(2)16-5-9-3-11(14)12(15)4-10(9)13/h3-4,7-8,16-17H,5-6H2,1-2H3. The number of halogens is 3. The number of aliphatic hydroxyl groups is 1. The molecule has 5 heteroatoms. The van der Waals surface area contributed by atoms with Crippen LogP contribution in [0.3, 0.4) is 0 Å². The molecule has 17 heavy (non-hydrogen) atoms. The topological polar surface area (TPSA) is 32.3 Å². The molecule has 0 heterocycles. The van der Waals surface area contributed by atoms with Crippen molar-refractivity contribution in [3.8, 4) is 0 Å². The van der Waals surface area contributed by atoms with Crippen molar-refractivity contribution in [3.05, 3.63) is 35.1 Å². The average Bonchev–Trinajstić information content (AvgIpc) is 2.30. The molecule has 0 saturated heterocycles. The van der Waals surface area contributed by atoms with Crippen LogP contribution in [-0.4, -0.2) is 17.8 Å². The fraction of sp³-hybridized carbons (Fsp3) is 0.500. The SMILES string of the molecule is CC(CO)C(C)NCc1cc(F)c(F)cc1F. The second kappa shape index (κ2) is 6.02. The molecule has 0 radical (unpaired) electrons. The van der Waals surface area contributed by atoms with Crippen molar-refractivity contribution >= 4 is 0 Å². The number of hydrogen-bond acceptors (Lipinski definition) is 2. The van der Waals surface area contributed by atoms with Gasteiger partial charge in [-0.05, 0) is 18.9 Å². The quantitative estimate of drug-likeness (QED) is 0.782. The molecule has 1 rings (SSSR count). The van der Waals surface area contributed by atoms with Crippen molar-refractivity contribution in [1.29, 1.82) is 0 Å². The van der Waals surface area contributed by atoms with E-state index in [0.717, 1.165) is 6.07 Å². The summed E-state index contributed by atoms with van der Waals surface area (Å²) in [5.74, 6) is -3.03. The first kappa shape index (κ1) is 14.0. The molecule has 2 unspecified atom stereocenters. The Morgan fingerprint density at radius 3 is 2.29 bits per heavy atom. The first-order valence-corrected chi connectivity index (χ1v) is 5.43. The normalized spacial score (nSPS) is 14.7. The Morgan fingerprint density at radius 1 is 1.12 bits per heavy atom. The molecule has 96 valence electrons. The third-order valence-electron chi connectivity index (χ3n) is 2.85. The van der Waals surface area contributed by atoms with Crippen LogP contribution in [0.1, 0.15) is 19.4 Å². The summed E-state index contributed by atoms with van der Waals surface area (Å²) >= 11 is 0. The van der Waals surface area contributed by atoms with Crippen molar-refractivity contribution in [1.82, 2.24) is 5.32 Å². The summed E-state index contributed by atoms with van der Waals surface area (Å²) in [6, 6.07) is 1.33. The van der Waals surface area contributed by atoms with Gasteiger partial charge < -0.3 is 10.4 Å². The zero-order valence-electron chi connectivity index (χ0n) is 9.80. The smallest absolute Gasteiger partial charge is 0.161 e. The highest BCUT2D eigenvalue weighted by Crippen LogP contribution is 2.14. The predicted octanol–water partition coefficient (Wildman–Crippen LogP) is 2.21. The Kier molecular flexibility index (Phi) is 4.96. The lowest BCUT2D eigenvalue weighted by atomic mass is 10.0. The fourth-order valence-electron chi connectivity index (χ4n) is 1.33. The summed E-state index contributed by atoms with van der Waals surface area (Å²) in [6.07, 6.45) is 0. The van der Waals surface area contributed by atoms with E-state index in [0.29, 0.717) is 6.07 Å². The van der Waals surface area contributed by atoms with Crippen LogP contribution in [-0.2, 0) is 6.54 Å². The molecule has 2 atom stereocenters. The first-order valence-electron chi connectivity index (χ1n) is 5.43. The number of aliphatic hydroxyl groups excluding tert-OH is 1. The van der Waals surface area contributed by atoms with Gasteiger partial charge in [-0.2, -0.15) is 0 Å². The highest BCUT2D eigenvalue weighted by molar-refractivity contribution is 5.20. The maximum atomic E-state index is 13.3. The van der Waals surface area contributed by atoms with Crippen LogP contribution in [0.2, 0.25) is 0 Å². The zero-order chi connectivity index (χ0) is 13.0. The minimum atomic E-state index is -1.19. The van der Waals surface area contributed by atoms with Gasteiger partial charge in [-0.3, -0.25) is 0 Å². The van der Waals surface area contributed by atoms with E-state index in [1.807, 2.05) is 13.8 Å². The van der Waals surface area contributed by atoms with Gasteiger partial charge >= 0.3 is 0 Å². The lowest BCUT2D eigenvalue weighted by molar-refractivity contribution is 0.206. The van der Waals surface area contributed by atoms with Gasteiger partial charge in [0, 0.05) is 30.8 Å². The maximum absolute atomic E-state index is 13.3. The molecule has 0 aromatic heterocycles. The minimum Gasteiger partial charge on any atom is -0.396 e. The van der Waals surface area contributed by atoms with E-state index in [2.05, 4.69) is 5.32 Å². The highest BCUT2D eigenvalue weighted by Gasteiger charge is 2.13. The summed E-state index contributed by atoms with van der Waals surface area (Å²) < 4.78 is 38.8. The third-order valence-corrected chi connectivity index (χ3v) is 2.85. The largest absolute Gasteiger partial charge is 0.396 e. The van der Waals surface area contributed by atoms with Crippen molar-refractivity contribution in [2.75, 3.05) is 6.61 Å². The van der Waals surface area contributed by atoms with Gasteiger partial charge in [0.15, 0.2) is 11.6 Å². The number of hydrogen-bond donors (Lipinski definition) is 2. The van der Waals surface area contributed by atoms with Crippen LogP contribution < -0.4 is 5.32 Å². The third kappa shape index (κ3) is 3.71. The minimum absolute atomic E-state index is 0.00311. The van der Waals surface area contributed by atoms with E-state index in [1.54, 1.807) is 0 Å². The van der Waals surface area contributed by atoms with Crippen LogP contribution in [0, 0.1) is 23.4 Å². The maximum Gasteiger partial charge on any atom is 0.161 e. The van der Waals surface area contributed by atoms with Gasteiger partial charge in [0.05, 0.1) is 0 Å². The predicted molar refractivity (Wildman–Crippen MR) is 58.9 cm³/mol. The molecule has 2 N–H and O–H groups in total. The van der Waals surface area contributed by atoms with Crippen LogP contribution in [0.4, 0.5) is 13.2 Å². The Balaban J connectivity index is 2.66. The summed E-state index contributed by atoms with van der Waals surface area (Å²) in [4.78, 5) is 0. The van der Waals surface area contributed by atoms with E-state index < -0.39 is 17.5 Å². The summed E-state index contributed by atoms with van der Waals surface area (Å²) in [5.41, 5.74) is 0.0703. The summed E-state index contributed by atoms with van der Waals surface area (Å²) in [5, 5.41) is 11.9. The van der Waals surface area contributed by atoms with Gasteiger partial charge in [0.2, 0.25) is 0 Å². The Morgan fingerprint density at radius 2 is 1.71 bits per heavy atom. The number of rotatable bonds is 5. The van der Waals surface area contributed by atoms with Gasteiger partial charge in [-0.25, -0.2) is 13.2 Å². The average molecular weight is 247 g/mol. The Hall–Kier alpha value is -1.07. The van der Waals surface area contributed by atoms with Gasteiger partial charge in [0.1, 0.15) is 5.82 Å². The van der Waals surface area contributed by atoms with Crippen molar-refractivity contribution in [3.63, 3.8) is 0 Å². The molecule has 0 spiro atoms. The molecule has 0 saturated carbocycles. The van der Waals surface area contributed by atoms with Crippen molar-refractivity contribution in [2.24, 2.45) is 5.92 Å². The van der Waals surface area contributed by atoms with Crippen LogP contribution in [0.15, 0.2) is 12.1 Å².